The highest BCUT2D eigenvalue weighted by Crippen LogP contribution is 2.28. The molecule has 2 atom stereocenters. The highest BCUT2D eigenvalue weighted by Gasteiger charge is 2.26. The van der Waals surface area contributed by atoms with E-state index in [0.29, 0.717) is 11.3 Å². The molecule has 0 aromatic carbocycles. The van der Waals surface area contributed by atoms with Crippen LogP contribution in [0.5, 0.6) is 0 Å². The molecular weight excluding hydrogens is 232 g/mol. The predicted octanol–water partition coefficient (Wildman–Crippen LogP) is 2.16. The lowest BCUT2D eigenvalue weighted by Crippen LogP contribution is -2.45. The zero-order valence-electron chi connectivity index (χ0n) is 10.9. The summed E-state index contributed by atoms with van der Waals surface area (Å²) < 4.78 is 0. The third-order valence-corrected chi connectivity index (χ3v) is 4.60. The Hall–Kier alpha value is -0.970. The molecule has 1 aromatic rings. The third-order valence-electron chi connectivity index (χ3n) is 3.26. The number of hydrogen-bond acceptors (Lipinski definition) is 5. The van der Waals surface area contributed by atoms with E-state index in [1.807, 2.05) is 31.8 Å². The van der Waals surface area contributed by atoms with Crippen molar-refractivity contribution in [3.63, 3.8) is 0 Å². The van der Waals surface area contributed by atoms with Crippen LogP contribution in [0.3, 0.4) is 0 Å². The second-order valence-electron chi connectivity index (χ2n) is 4.42. The van der Waals surface area contributed by atoms with Gasteiger partial charge in [-0.15, -0.1) is 0 Å². The maximum absolute atomic E-state index is 4.56. The summed E-state index contributed by atoms with van der Waals surface area (Å²) in [5.74, 6) is 3.93. The first-order valence-electron chi connectivity index (χ1n) is 6.03. The minimum atomic E-state index is 0.521. The van der Waals surface area contributed by atoms with Gasteiger partial charge in [0.1, 0.15) is 17.5 Å². The molecular formula is C12H20N4S. The van der Waals surface area contributed by atoms with Crippen LogP contribution in [0, 0.1) is 6.92 Å². The van der Waals surface area contributed by atoms with Gasteiger partial charge in [-0.05, 0) is 13.8 Å². The molecule has 0 bridgehead atoms. The molecule has 1 aromatic heterocycles. The Morgan fingerprint density at radius 3 is 2.88 bits per heavy atom. The fraction of sp³-hybridized carbons (Fsp3) is 0.667. The molecule has 0 aliphatic carbocycles. The van der Waals surface area contributed by atoms with Gasteiger partial charge in [0.2, 0.25) is 0 Å². The standard InChI is InChI=1S/C12H20N4S/c1-8-9(2)17-6-5-16(8)12-7-11(13-4)14-10(3)15-12/h7-9H,5-6H2,1-4H3,(H,13,14,15). The molecule has 4 nitrogen and oxygen atoms in total. The summed E-state index contributed by atoms with van der Waals surface area (Å²) in [4.78, 5) is 11.3. The molecule has 1 fully saturated rings. The van der Waals surface area contributed by atoms with Gasteiger partial charge >= 0.3 is 0 Å². The Morgan fingerprint density at radius 2 is 2.18 bits per heavy atom. The van der Waals surface area contributed by atoms with Gasteiger partial charge in [-0.25, -0.2) is 9.97 Å². The van der Waals surface area contributed by atoms with Crippen LogP contribution in [0.2, 0.25) is 0 Å². The Bertz CT molecular complexity index is 396. The van der Waals surface area contributed by atoms with Crippen LogP contribution >= 0.6 is 11.8 Å². The highest BCUT2D eigenvalue weighted by atomic mass is 32.2. The number of rotatable bonds is 2. The first kappa shape index (κ1) is 12.5. The van der Waals surface area contributed by atoms with E-state index >= 15 is 0 Å². The van der Waals surface area contributed by atoms with Crippen LogP contribution in [-0.4, -0.2) is 40.6 Å². The Balaban J connectivity index is 2.29. The van der Waals surface area contributed by atoms with Crippen molar-refractivity contribution in [3.8, 4) is 0 Å². The second-order valence-corrected chi connectivity index (χ2v) is 5.90. The lowest BCUT2D eigenvalue weighted by molar-refractivity contribution is 0.619. The number of aromatic nitrogens is 2. The number of nitrogens with one attached hydrogen (secondary N) is 1. The zero-order valence-corrected chi connectivity index (χ0v) is 11.7. The lowest BCUT2D eigenvalue weighted by atomic mass is 10.2. The molecule has 2 rings (SSSR count). The molecule has 17 heavy (non-hydrogen) atoms. The van der Waals surface area contributed by atoms with Crippen LogP contribution in [-0.2, 0) is 0 Å². The van der Waals surface area contributed by atoms with Gasteiger partial charge in [-0.1, -0.05) is 6.92 Å². The average molecular weight is 252 g/mol. The molecule has 2 heterocycles. The van der Waals surface area contributed by atoms with Crippen LogP contribution in [0.1, 0.15) is 19.7 Å². The molecule has 5 heteroatoms. The SMILES string of the molecule is CNc1cc(N2CCSC(C)C2C)nc(C)n1. The largest absolute Gasteiger partial charge is 0.373 e. The molecule has 2 unspecified atom stereocenters. The first-order chi connectivity index (χ1) is 8.11. The van der Waals surface area contributed by atoms with Gasteiger partial charge in [-0.3, -0.25) is 0 Å². The van der Waals surface area contributed by atoms with E-state index in [1.54, 1.807) is 0 Å². The number of anilines is 2. The van der Waals surface area contributed by atoms with E-state index in [-0.39, 0.29) is 0 Å². The van der Waals surface area contributed by atoms with Crippen LogP contribution in [0.15, 0.2) is 6.07 Å². The fourth-order valence-electron chi connectivity index (χ4n) is 2.08. The summed E-state index contributed by atoms with van der Waals surface area (Å²) in [6, 6.07) is 2.56. The Kier molecular flexibility index (Phi) is 3.76. The monoisotopic (exact) mass is 252 g/mol. The van der Waals surface area contributed by atoms with Gasteiger partial charge in [0.15, 0.2) is 0 Å². The van der Waals surface area contributed by atoms with E-state index in [4.69, 9.17) is 0 Å². The molecule has 1 aliphatic rings. The fourth-order valence-corrected chi connectivity index (χ4v) is 3.18. The number of thioether (sulfide) groups is 1. The van der Waals surface area contributed by atoms with Gasteiger partial charge in [-0.2, -0.15) is 11.8 Å². The van der Waals surface area contributed by atoms with Crippen LogP contribution < -0.4 is 10.2 Å². The van der Waals surface area contributed by atoms with Crippen molar-refractivity contribution in [1.82, 2.24) is 9.97 Å². The van der Waals surface area contributed by atoms with Crippen molar-refractivity contribution in [2.24, 2.45) is 0 Å². The van der Waals surface area contributed by atoms with Gasteiger partial charge in [0.25, 0.3) is 0 Å². The normalized spacial score (nSPS) is 24.8. The number of aryl methyl sites for hydroxylation is 1. The van der Waals surface area contributed by atoms with Crippen molar-refractivity contribution >= 4 is 23.4 Å². The lowest BCUT2D eigenvalue weighted by Gasteiger charge is -2.38. The van der Waals surface area contributed by atoms with E-state index < -0.39 is 0 Å². The smallest absolute Gasteiger partial charge is 0.134 e. The Morgan fingerprint density at radius 1 is 1.41 bits per heavy atom. The number of nitrogens with zero attached hydrogens (tertiary/aromatic N) is 3. The summed E-state index contributed by atoms with van der Waals surface area (Å²) >= 11 is 2.04. The summed E-state index contributed by atoms with van der Waals surface area (Å²) in [5, 5.41) is 3.74. The van der Waals surface area contributed by atoms with E-state index in [9.17, 15) is 0 Å². The Labute approximate surface area is 107 Å². The molecule has 0 amide bonds. The highest BCUT2D eigenvalue weighted by molar-refractivity contribution is 8.00. The zero-order chi connectivity index (χ0) is 12.4. The van der Waals surface area contributed by atoms with Gasteiger partial charge < -0.3 is 10.2 Å². The van der Waals surface area contributed by atoms with Crippen LogP contribution in [0.25, 0.3) is 0 Å². The quantitative estimate of drug-likeness (QED) is 0.873. The topological polar surface area (TPSA) is 41.0 Å². The molecule has 0 radical (unpaired) electrons. The van der Waals surface area contributed by atoms with Crippen LogP contribution in [0.4, 0.5) is 11.6 Å². The van der Waals surface area contributed by atoms with Crippen molar-refractivity contribution < 1.29 is 0 Å². The molecule has 1 saturated heterocycles. The third kappa shape index (κ3) is 2.65. The van der Waals surface area contributed by atoms with E-state index in [1.165, 1.54) is 5.75 Å². The average Bonchev–Trinajstić information content (AvgIpc) is 2.31. The summed E-state index contributed by atoms with van der Waals surface area (Å²) in [6.07, 6.45) is 0. The predicted molar refractivity (Wildman–Crippen MR) is 75.0 cm³/mol. The minimum absolute atomic E-state index is 0.521. The molecule has 94 valence electrons. The van der Waals surface area contributed by atoms with Crippen molar-refractivity contribution in [1.29, 1.82) is 0 Å². The minimum Gasteiger partial charge on any atom is -0.373 e. The van der Waals surface area contributed by atoms with Crippen molar-refractivity contribution in [3.05, 3.63) is 11.9 Å². The van der Waals surface area contributed by atoms with E-state index in [0.717, 1.165) is 24.0 Å². The maximum atomic E-state index is 4.56. The van der Waals surface area contributed by atoms with Gasteiger partial charge in [0.05, 0.1) is 0 Å². The first-order valence-corrected chi connectivity index (χ1v) is 7.08. The van der Waals surface area contributed by atoms with Crippen molar-refractivity contribution in [2.45, 2.75) is 32.1 Å². The summed E-state index contributed by atoms with van der Waals surface area (Å²) in [5.41, 5.74) is 0. The number of hydrogen-bond donors (Lipinski definition) is 1. The summed E-state index contributed by atoms with van der Waals surface area (Å²) in [6.45, 7) is 7.56. The molecule has 0 spiro atoms. The summed E-state index contributed by atoms with van der Waals surface area (Å²) in [7, 11) is 1.89. The van der Waals surface area contributed by atoms with E-state index in [2.05, 4.69) is 34.0 Å². The maximum Gasteiger partial charge on any atom is 0.134 e. The molecule has 1 aliphatic heterocycles. The van der Waals surface area contributed by atoms with Crippen molar-refractivity contribution in [2.75, 3.05) is 29.6 Å². The van der Waals surface area contributed by atoms with Gasteiger partial charge in [0, 0.05) is 36.7 Å². The molecule has 0 saturated carbocycles. The second kappa shape index (κ2) is 5.12. The molecule has 1 N–H and O–H groups in total.